The van der Waals surface area contributed by atoms with Crippen LogP contribution in [0.3, 0.4) is 0 Å². The van der Waals surface area contributed by atoms with Crippen molar-refractivity contribution >= 4 is 5.69 Å². The van der Waals surface area contributed by atoms with E-state index in [1.54, 1.807) is 0 Å². The highest BCUT2D eigenvalue weighted by Crippen LogP contribution is 2.37. The maximum Gasteiger partial charge on any atom is 0.0728 e. The molecular weight excluding hydrogens is 198 g/mol. The molecule has 0 radical (unpaired) electrons. The van der Waals surface area contributed by atoms with E-state index in [0.717, 1.165) is 18.9 Å². The van der Waals surface area contributed by atoms with Crippen LogP contribution in [0.15, 0.2) is 12.4 Å². The van der Waals surface area contributed by atoms with Gasteiger partial charge >= 0.3 is 0 Å². The Morgan fingerprint density at radius 2 is 2.25 bits per heavy atom. The molecule has 0 bridgehead atoms. The highest BCUT2D eigenvalue weighted by atomic mass is 15.3. The quantitative estimate of drug-likeness (QED) is 0.799. The van der Waals surface area contributed by atoms with Crippen molar-refractivity contribution < 1.29 is 0 Å². The molecule has 90 valence electrons. The summed E-state index contributed by atoms with van der Waals surface area (Å²) < 4.78 is 2.02. The van der Waals surface area contributed by atoms with Crippen molar-refractivity contribution in [2.75, 3.05) is 5.32 Å². The molecule has 1 saturated carbocycles. The van der Waals surface area contributed by atoms with Crippen LogP contribution in [0, 0.1) is 11.8 Å². The lowest BCUT2D eigenvalue weighted by Gasteiger charge is -2.22. The van der Waals surface area contributed by atoms with E-state index in [1.165, 1.54) is 18.5 Å². The van der Waals surface area contributed by atoms with Crippen LogP contribution < -0.4 is 5.32 Å². The lowest BCUT2D eigenvalue weighted by Crippen LogP contribution is -2.27. The zero-order valence-corrected chi connectivity index (χ0v) is 10.6. The summed E-state index contributed by atoms with van der Waals surface area (Å²) in [5, 5.41) is 7.99. The summed E-state index contributed by atoms with van der Waals surface area (Å²) in [6.07, 6.45) is 7.99. The molecule has 1 atom stereocenters. The van der Waals surface area contributed by atoms with Crippen LogP contribution in [0.2, 0.25) is 0 Å². The highest BCUT2D eigenvalue weighted by Gasteiger charge is 2.33. The molecule has 1 aliphatic rings. The van der Waals surface area contributed by atoms with Crippen molar-refractivity contribution in [3.05, 3.63) is 12.4 Å². The number of aryl methyl sites for hydroxylation is 1. The van der Waals surface area contributed by atoms with Gasteiger partial charge in [-0.2, -0.15) is 5.10 Å². The van der Waals surface area contributed by atoms with Crippen LogP contribution in [-0.2, 0) is 6.54 Å². The zero-order chi connectivity index (χ0) is 11.5. The molecule has 0 spiro atoms. The summed E-state index contributed by atoms with van der Waals surface area (Å²) in [6, 6.07) is 0.624. The Labute approximate surface area is 98.2 Å². The van der Waals surface area contributed by atoms with Gasteiger partial charge in [-0.05, 0) is 31.1 Å². The summed E-state index contributed by atoms with van der Waals surface area (Å²) in [5.74, 6) is 1.58. The van der Waals surface area contributed by atoms with Gasteiger partial charge in [-0.3, -0.25) is 4.68 Å². The number of hydrogen-bond donors (Lipinski definition) is 1. The molecule has 0 aliphatic heterocycles. The second-order valence-electron chi connectivity index (χ2n) is 5.24. The maximum absolute atomic E-state index is 4.35. The topological polar surface area (TPSA) is 29.9 Å². The van der Waals surface area contributed by atoms with E-state index in [-0.39, 0.29) is 0 Å². The molecule has 16 heavy (non-hydrogen) atoms. The molecular formula is C13H23N3. The molecule has 1 aromatic rings. The lowest BCUT2D eigenvalue weighted by molar-refractivity contribution is 0.476. The Morgan fingerprint density at radius 1 is 1.50 bits per heavy atom. The molecule has 1 unspecified atom stereocenters. The third-order valence-corrected chi connectivity index (χ3v) is 3.27. The van der Waals surface area contributed by atoms with Gasteiger partial charge in [-0.1, -0.05) is 20.8 Å². The van der Waals surface area contributed by atoms with Gasteiger partial charge in [0.15, 0.2) is 0 Å². The van der Waals surface area contributed by atoms with Crippen LogP contribution in [0.5, 0.6) is 0 Å². The van der Waals surface area contributed by atoms with Crippen molar-refractivity contribution in [2.45, 2.75) is 52.6 Å². The van der Waals surface area contributed by atoms with Gasteiger partial charge in [0.25, 0.3) is 0 Å². The predicted octanol–water partition coefficient (Wildman–Crippen LogP) is 3.14. The Hall–Kier alpha value is -0.990. The summed E-state index contributed by atoms with van der Waals surface area (Å²) in [5.41, 5.74) is 1.18. The molecule has 0 amide bonds. The molecule has 0 aromatic carbocycles. The van der Waals surface area contributed by atoms with Crippen molar-refractivity contribution in [2.24, 2.45) is 11.8 Å². The Kier molecular flexibility index (Phi) is 3.52. The molecule has 1 N–H and O–H groups in total. The fourth-order valence-corrected chi connectivity index (χ4v) is 2.27. The standard InChI is InChI=1S/C13H23N3/c1-4-7-16-9-12(8-14-16)15-13(10(2)3)11-5-6-11/h8-11,13,15H,4-7H2,1-3H3. The zero-order valence-electron chi connectivity index (χ0n) is 10.6. The SMILES string of the molecule is CCCn1cc(NC(C(C)C)C2CC2)cn1. The third-order valence-electron chi connectivity index (χ3n) is 3.27. The minimum atomic E-state index is 0.624. The fraction of sp³-hybridized carbons (Fsp3) is 0.769. The second-order valence-corrected chi connectivity index (χ2v) is 5.24. The van der Waals surface area contributed by atoms with Gasteiger partial charge in [0.2, 0.25) is 0 Å². The second kappa shape index (κ2) is 4.89. The van der Waals surface area contributed by atoms with E-state index in [9.17, 15) is 0 Å². The molecule has 1 fully saturated rings. The molecule has 2 rings (SSSR count). The van der Waals surface area contributed by atoms with Gasteiger partial charge in [0, 0.05) is 18.8 Å². The van der Waals surface area contributed by atoms with Crippen LogP contribution in [-0.4, -0.2) is 15.8 Å². The third kappa shape index (κ3) is 2.77. The summed E-state index contributed by atoms with van der Waals surface area (Å²) in [4.78, 5) is 0. The first-order chi connectivity index (χ1) is 7.70. The smallest absolute Gasteiger partial charge is 0.0728 e. The normalized spacial score (nSPS) is 17.8. The van der Waals surface area contributed by atoms with Crippen LogP contribution in [0.1, 0.15) is 40.0 Å². The van der Waals surface area contributed by atoms with Crippen molar-refractivity contribution in [1.82, 2.24) is 9.78 Å². The summed E-state index contributed by atoms with van der Waals surface area (Å²) in [6.45, 7) is 7.78. The first kappa shape index (κ1) is 11.5. The highest BCUT2D eigenvalue weighted by molar-refractivity contribution is 5.40. The minimum Gasteiger partial charge on any atom is -0.379 e. The largest absolute Gasteiger partial charge is 0.379 e. The van der Waals surface area contributed by atoms with Gasteiger partial charge < -0.3 is 5.32 Å². The van der Waals surface area contributed by atoms with Crippen LogP contribution >= 0.6 is 0 Å². The predicted molar refractivity (Wildman–Crippen MR) is 67.5 cm³/mol. The average molecular weight is 221 g/mol. The molecule has 3 heteroatoms. The molecule has 3 nitrogen and oxygen atoms in total. The van der Waals surface area contributed by atoms with Crippen LogP contribution in [0.4, 0.5) is 5.69 Å². The Balaban J connectivity index is 1.95. The Morgan fingerprint density at radius 3 is 2.81 bits per heavy atom. The minimum absolute atomic E-state index is 0.624. The first-order valence-electron chi connectivity index (χ1n) is 6.49. The van der Waals surface area contributed by atoms with E-state index in [4.69, 9.17) is 0 Å². The maximum atomic E-state index is 4.35. The molecule has 1 aliphatic carbocycles. The Bertz CT molecular complexity index is 324. The number of aromatic nitrogens is 2. The van der Waals surface area contributed by atoms with Gasteiger partial charge in [0.1, 0.15) is 0 Å². The molecule has 1 aromatic heterocycles. The van der Waals surface area contributed by atoms with Crippen molar-refractivity contribution in [3.63, 3.8) is 0 Å². The number of anilines is 1. The summed E-state index contributed by atoms with van der Waals surface area (Å²) in [7, 11) is 0. The number of nitrogens with zero attached hydrogens (tertiary/aromatic N) is 2. The monoisotopic (exact) mass is 221 g/mol. The number of rotatable bonds is 6. The van der Waals surface area contributed by atoms with E-state index in [1.807, 2.05) is 10.9 Å². The van der Waals surface area contributed by atoms with E-state index < -0.39 is 0 Å². The number of nitrogens with one attached hydrogen (secondary N) is 1. The van der Waals surface area contributed by atoms with Crippen LogP contribution in [0.25, 0.3) is 0 Å². The van der Waals surface area contributed by atoms with Gasteiger partial charge in [-0.15, -0.1) is 0 Å². The van der Waals surface area contributed by atoms with Gasteiger partial charge in [0.05, 0.1) is 11.9 Å². The first-order valence-corrected chi connectivity index (χ1v) is 6.49. The van der Waals surface area contributed by atoms with Crippen molar-refractivity contribution in [3.8, 4) is 0 Å². The molecule has 0 saturated heterocycles. The van der Waals surface area contributed by atoms with E-state index >= 15 is 0 Å². The molecule has 1 heterocycles. The fourth-order valence-electron chi connectivity index (χ4n) is 2.27. The average Bonchev–Trinajstić information content (AvgIpc) is 2.97. The summed E-state index contributed by atoms with van der Waals surface area (Å²) >= 11 is 0. The van der Waals surface area contributed by atoms with E-state index in [0.29, 0.717) is 12.0 Å². The number of hydrogen-bond acceptors (Lipinski definition) is 2. The van der Waals surface area contributed by atoms with E-state index in [2.05, 4.69) is 37.4 Å². The lowest BCUT2D eigenvalue weighted by atomic mass is 9.99. The van der Waals surface area contributed by atoms with Crippen molar-refractivity contribution in [1.29, 1.82) is 0 Å². The van der Waals surface area contributed by atoms with Gasteiger partial charge in [-0.25, -0.2) is 0 Å².